The number of aromatic nitrogens is 2. The molecule has 0 N–H and O–H groups in total. The largest absolute Gasteiger partial charge is 0.292 e. The van der Waals surface area contributed by atoms with Crippen molar-refractivity contribution < 1.29 is 4.79 Å². The highest BCUT2D eigenvalue weighted by atomic mass is 79.9. The van der Waals surface area contributed by atoms with Gasteiger partial charge in [0.2, 0.25) is 0 Å². The molecule has 4 nitrogen and oxygen atoms in total. The topological polar surface area (TPSA) is 52.0 Å². The van der Waals surface area contributed by atoms with E-state index in [4.69, 9.17) is 0 Å². The molecule has 0 bridgehead atoms. The number of aryl methyl sites for hydroxylation is 2. The van der Waals surface area contributed by atoms with Crippen molar-refractivity contribution in [2.24, 2.45) is 0 Å². The van der Waals surface area contributed by atoms with E-state index in [0.29, 0.717) is 15.8 Å². The summed E-state index contributed by atoms with van der Waals surface area (Å²) in [4.78, 5) is 30.9. The number of halogens is 1. The molecule has 0 aliphatic carbocycles. The van der Waals surface area contributed by atoms with E-state index in [1.165, 1.54) is 22.2 Å². The molecule has 140 valence electrons. The zero-order chi connectivity index (χ0) is 19.8. The number of benzene rings is 2. The number of hydrogen-bond acceptors (Lipinski definition) is 4. The lowest BCUT2D eigenvalue weighted by atomic mass is 10.0. The van der Waals surface area contributed by atoms with Crippen molar-refractivity contribution in [3.63, 3.8) is 0 Å². The van der Waals surface area contributed by atoms with Crippen LogP contribution in [0.15, 0.2) is 63.4 Å². The molecule has 2 aromatic heterocycles. The van der Waals surface area contributed by atoms with Gasteiger partial charge >= 0.3 is 0 Å². The summed E-state index contributed by atoms with van der Waals surface area (Å²) in [6, 6.07) is 13.4. The molecule has 0 fully saturated rings. The van der Waals surface area contributed by atoms with Crippen LogP contribution in [0.5, 0.6) is 0 Å². The highest BCUT2D eigenvalue weighted by Gasteiger charge is 2.15. The number of Topliss-reactive ketones (excluding diaryl/α,β-unsaturated/α-hetero) is 1. The monoisotopic (exact) mass is 452 g/mol. The molecule has 4 rings (SSSR count). The summed E-state index contributed by atoms with van der Waals surface area (Å²) in [6.07, 6.45) is 1.46. The Kier molecular flexibility index (Phi) is 5.00. The minimum Gasteiger partial charge on any atom is -0.292 e. The van der Waals surface area contributed by atoms with E-state index in [1.807, 2.05) is 55.6 Å². The number of carbonyl (C=O) groups is 1. The van der Waals surface area contributed by atoms with Gasteiger partial charge in [0.1, 0.15) is 4.83 Å². The number of nitrogens with zero attached hydrogens (tertiary/aromatic N) is 2. The first-order valence-corrected chi connectivity index (χ1v) is 10.4. The van der Waals surface area contributed by atoms with E-state index in [-0.39, 0.29) is 17.9 Å². The number of carbonyl (C=O) groups excluding carboxylic acids is 1. The quantitative estimate of drug-likeness (QED) is 0.390. The molecule has 0 spiro atoms. The fraction of sp³-hybridized carbons (Fsp3) is 0.136. The van der Waals surface area contributed by atoms with Crippen LogP contribution < -0.4 is 5.56 Å². The summed E-state index contributed by atoms with van der Waals surface area (Å²) in [5.41, 5.74) is 4.40. The predicted molar refractivity (Wildman–Crippen MR) is 117 cm³/mol. The maximum atomic E-state index is 13.1. The molecule has 0 unspecified atom stereocenters. The molecule has 0 saturated carbocycles. The minimum atomic E-state index is -0.193. The molecule has 0 atom stereocenters. The summed E-state index contributed by atoms with van der Waals surface area (Å²) in [7, 11) is 0. The molecule has 4 aromatic rings. The Labute approximate surface area is 174 Å². The molecule has 0 saturated heterocycles. The zero-order valence-electron chi connectivity index (χ0n) is 15.4. The Bertz CT molecular complexity index is 1260. The van der Waals surface area contributed by atoms with Crippen molar-refractivity contribution in [1.82, 2.24) is 9.55 Å². The first kappa shape index (κ1) is 18.8. The van der Waals surface area contributed by atoms with Gasteiger partial charge in [-0.1, -0.05) is 40.2 Å². The number of ketones is 1. The number of fused-ring (bicyclic) bond motifs is 1. The standard InChI is InChI=1S/C22H17BrN2O2S/c1-13-3-4-16(9-14(13)2)19(26)10-25-12-24-21-20(22(25)27)18(11-28-21)15-5-7-17(23)8-6-15/h3-9,11-12H,10H2,1-2H3. The average Bonchev–Trinajstić information content (AvgIpc) is 3.11. The van der Waals surface area contributed by atoms with Crippen LogP contribution in [0.3, 0.4) is 0 Å². The van der Waals surface area contributed by atoms with Gasteiger partial charge in [-0.2, -0.15) is 0 Å². The molecule has 0 aliphatic heterocycles. The summed E-state index contributed by atoms with van der Waals surface area (Å²) in [6.45, 7) is 3.95. The zero-order valence-corrected chi connectivity index (χ0v) is 17.8. The van der Waals surface area contributed by atoms with Crippen molar-refractivity contribution in [3.05, 3.63) is 85.7 Å². The lowest BCUT2D eigenvalue weighted by Crippen LogP contribution is -2.24. The van der Waals surface area contributed by atoms with Crippen molar-refractivity contribution in [1.29, 1.82) is 0 Å². The van der Waals surface area contributed by atoms with Crippen LogP contribution >= 0.6 is 27.3 Å². The van der Waals surface area contributed by atoms with E-state index in [1.54, 1.807) is 6.07 Å². The Balaban J connectivity index is 1.74. The Morgan fingerprint density at radius 2 is 1.86 bits per heavy atom. The molecule has 2 heterocycles. The van der Waals surface area contributed by atoms with Gasteiger partial charge in [0.05, 0.1) is 18.3 Å². The van der Waals surface area contributed by atoms with Crippen molar-refractivity contribution in [2.75, 3.05) is 0 Å². The average molecular weight is 453 g/mol. The normalized spacial score (nSPS) is 11.1. The fourth-order valence-electron chi connectivity index (χ4n) is 3.08. The third-order valence-electron chi connectivity index (χ3n) is 4.86. The first-order chi connectivity index (χ1) is 13.4. The van der Waals surface area contributed by atoms with E-state index >= 15 is 0 Å². The molecule has 2 aromatic carbocycles. The van der Waals surface area contributed by atoms with E-state index in [0.717, 1.165) is 26.7 Å². The van der Waals surface area contributed by atoms with Crippen LogP contribution in [0, 0.1) is 13.8 Å². The van der Waals surface area contributed by atoms with Crippen LogP contribution in [0.25, 0.3) is 21.3 Å². The molecule has 28 heavy (non-hydrogen) atoms. The maximum Gasteiger partial charge on any atom is 0.263 e. The molecular formula is C22H17BrN2O2S. The van der Waals surface area contributed by atoms with Crippen LogP contribution in [-0.4, -0.2) is 15.3 Å². The van der Waals surface area contributed by atoms with Crippen LogP contribution in [0.2, 0.25) is 0 Å². The molecule has 0 radical (unpaired) electrons. The Hall–Kier alpha value is -2.57. The Morgan fingerprint density at radius 3 is 2.57 bits per heavy atom. The smallest absolute Gasteiger partial charge is 0.263 e. The van der Waals surface area contributed by atoms with Gasteiger partial charge in [-0.15, -0.1) is 11.3 Å². The lowest BCUT2D eigenvalue weighted by molar-refractivity contribution is 0.0970. The third-order valence-corrected chi connectivity index (χ3v) is 6.27. The minimum absolute atomic E-state index is 0.0279. The third kappa shape index (κ3) is 3.45. The van der Waals surface area contributed by atoms with Crippen LogP contribution in [0.4, 0.5) is 0 Å². The van der Waals surface area contributed by atoms with Crippen molar-refractivity contribution in [3.8, 4) is 11.1 Å². The van der Waals surface area contributed by atoms with Crippen molar-refractivity contribution in [2.45, 2.75) is 20.4 Å². The van der Waals surface area contributed by atoms with E-state index in [2.05, 4.69) is 20.9 Å². The highest BCUT2D eigenvalue weighted by molar-refractivity contribution is 9.10. The van der Waals surface area contributed by atoms with Gasteiger partial charge < -0.3 is 0 Å². The second-order valence-corrected chi connectivity index (χ2v) is 8.51. The SMILES string of the molecule is Cc1ccc(C(=O)Cn2cnc3scc(-c4ccc(Br)cc4)c3c2=O)cc1C. The first-order valence-electron chi connectivity index (χ1n) is 8.77. The van der Waals surface area contributed by atoms with Gasteiger partial charge in [-0.25, -0.2) is 4.98 Å². The van der Waals surface area contributed by atoms with Crippen LogP contribution in [0.1, 0.15) is 21.5 Å². The second-order valence-electron chi connectivity index (χ2n) is 6.74. The van der Waals surface area contributed by atoms with Crippen LogP contribution in [-0.2, 0) is 6.54 Å². The fourth-order valence-corrected chi connectivity index (χ4v) is 4.25. The van der Waals surface area contributed by atoms with Gasteiger partial charge in [0.25, 0.3) is 5.56 Å². The second kappa shape index (κ2) is 7.45. The van der Waals surface area contributed by atoms with Gasteiger partial charge in [0.15, 0.2) is 5.78 Å². The van der Waals surface area contributed by atoms with E-state index < -0.39 is 0 Å². The summed E-state index contributed by atoms with van der Waals surface area (Å²) >= 11 is 4.86. The van der Waals surface area contributed by atoms with Gasteiger partial charge in [-0.05, 0) is 48.7 Å². The molecule has 6 heteroatoms. The maximum absolute atomic E-state index is 13.1. The van der Waals surface area contributed by atoms with Gasteiger partial charge in [-0.3, -0.25) is 14.2 Å². The summed E-state index contributed by atoms with van der Waals surface area (Å²) in [5.74, 6) is -0.105. The predicted octanol–water partition coefficient (Wildman–Crippen LogP) is 5.39. The summed E-state index contributed by atoms with van der Waals surface area (Å²) < 4.78 is 2.37. The number of hydrogen-bond donors (Lipinski definition) is 0. The lowest BCUT2D eigenvalue weighted by Gasteiger charge is -2.07. The number of thiophene rings is 1. The Morgan fingerprint density at radius 1 is 1.11 bits per heavy atom. The van der Waals surface area contributed by atoms with Gasteiger partial charge in [0, 0.05) is 21.0 Å². The summed E-state index contributed by atoms with van der Waals surface area (Å²) in [5, 5.41) is 2.50. The highest BCUT2D eigenvalue weighted by Crippen LogP contribution is 2.31. The number of rotatable bonds is 4. The molecular weight excluding hydrogens is 436 g/mol. The molecule has 0 amide bonds. The van der Waals surface area contributed by atoms with E-state index in [9.17, 15) is 9.59 Å². The molecule has 0 aliphatic rings. The van der Waals surface area contributed by atoms with Crippen molar-refractivity contribution >= 4 is 43.3 Å².